The van der Waals surface area contributed by atoms with Crippen molar-refractivity contribution in [3.05, 3.63) is 81.8 Å². The number of aromatic nitrogens is 2. The van der Waals surface area contributed by atoms with Crippen molar-refractivity contribution in [1.82, 2.24) is 14.9 Å². The molecule has 0 spiro atoms. The molecule has 0 fully saturated rings. The summed E-state index contributed by atoms with van der Waals surface area (Å²) in [5, 5.41) is 5.55. The maximum Gasteiger partial charge on any atom is 0.0946 e. The van der Waals surface area contributed by atoms with Crippen LogP contribution >= 0.6 is 46.6 Å². The van der Waals surface area contributed by atoms with Crippen molar-refractivity contribution in [2.24, 2.45) is 0 Å². The van der Waals surface area contributed by atoms with Crippen molar-refractivity contribution >= 4 is 46.6 Å². The molecule has 0 aliphatic carbocycles. The lowest BCUT2D eigenvalue weighted by Gasteiger charge is -2.21. The molecule has 3 rings (SSSR count). The summed E-state index contributed by atoms with van der Waals surface area (Å²) in [5.41, 5.74) is 1.00. The Morgan fingerprint density at radius 3 is 2.55 bits per heavy atom. The van der Waals surface area contributed by atoms with Gasteiger partial charge in [-0.25, -0.2) is 4.98 Å². The van der Waals surface area contributed by atoms with Gasteiger partial charge in [-0.2, -0.15) is 0 Å². The van der Waals surface area contributed by atoms with Gasteiger partial charge in [0.1, 0.15) is 0 Å². The van der Waals surface area contributed by atoms with Crippen LogP contribution in [-0.4, -0.2) is 35.1 Å². The molecule has 1 aromatic heterocycles. The van der Waals surface area contributed by atoms with Gasteiger partial charge in [-0.1, -0.05) is 40.9 Å². The Morgan fingerprint density at radius 2 is 1.83 bits per heavy atom. The Bertz CT molecular complexity index is 875. The molecule has 1 heterocycles. The third-order valence-corrected chi connectivity index (χ3v) is 6.03. The fourth-order valence-electron chi connectivity index (χ4n) is 2.82. The predicted molar refractivity (Wildman–Crippen MR) is 122 cm³/mol. The monoisotopic (exact) mass is 469 g/mol. The second-order valence-electron chi connectivity index (χ2n) is 6.35. The number of hydrogen-bond acceptors (Lipinski definition) is 4. The molecular weight excluding hydrogens is 449 g/mol. The van der Waals surface area contributed by atoms with E-state index in [0.29, 0.717) is 36.3 Å². The molecule has 1 unspecified atom stereocenters. The highest BCUT2D eigenvalue weighted by molar-refractivity contribution is 7.99. The molecule has 0 saturated heterocycles. The summed E-state index contributed by atoms with van der Waals surface area (Å²) in [6.07, 6.45) is 5.49. The molecule has 0 amide bonds. The number of nitrogens with zero attached hydrogens (tertiary/aromatic N) is 2. The number of thioether (sulfide) groups is 1. The Morgan fingerprint density at radius 1 is 1.03 bits per heavy atom. The van der Waals surface area contributed by atoms with E-state index in [2.05, 4.69) is 10.3 Å². The highest BCUT2D eigenvalue weighted by Crippen LogP contribution is 2.27. The van der Waals surface area contributed by atoms with Crippen LogP contribution < -0.4 is 5.32 Å². The molecular formula is C21H22Cl3N3OS. The van der Waals surface area contributed by atoms with E-state index >= 15 is 0 Å². The predicted octanol–water partition coefficient (Wildman–Crippen LogP) is 5.98. The fraction of sp³-hybridized carbons (Fsp3) is 0.286. The fourth-order valence-corrected chi connectivity index (χ4v) is 4.25. The number of imidazole rings is 1. The normalized spacial score (nSPS) is 12.2. The molecule has 1 atom stereocenters. The van der Waals surface area contributed by atoms with Gasteiger partial charge in [0, 0.05) is 51.2 Å². The number of nitrogens with one attached hydrogen (secondary N) is 1. The first-order valence-corrected chi connectivity index (χ1v) is 11.3. The van der Waals surface area contributed by atoms with Crippen LogP contribution in [0.1, 0.15) is 11.6 Å². The second-order valence-corrected chi connectivity index (χ2v) is 8.80. The van der Waals surface area contributed by atoms with Crippen LogP contribution in [0.4, 0.5) is 0 Å². The highest BCUT2D eigenvalue weighted by Gasteiger charge is 2.15. The van der Waals surface area contributed by atoms with Crippen LogP contribution in [0.5, 0.6) is 0 Å². The Balaban J connectivity index is 1.44. The Hall–Kier alpha value is -1.21. The highest BCUT2D eigenvalue weighted by atomic mass is 35.5. The van der Waals surface area contributed by atoms with E-state index in [1.807, 2.05) is 47.2 Å². The standard InChI is InChI=1S/C21H22Cl3N3OS/c22-16-1-4-18(5-2-16)29-12-11-28-10-8-26-21(14-27-9-7-25-15-27)19-6-3-17(23)13-20(19)24/h1-7,9,13,15,21,26H,8,10-12,14H2. The average molecular weight is 471 g/mol. The number of benzene rings is 2. The van der Waals surface area contributed by atoms with E-state index in [0.717, 1.165) is 16.3 Å². The Labute approximate surface area is 190 Å². The zero-order valence-electron chi connectivity index (χ0n) is 15.7. The zero-order valence-corrected chi connectivity index (χ0v) is 18.8. The molecule has 0 radical (unpaired) electrons. The van der Waals surface area contributed by atoms with Crippen LogP contribution in [-0.2, 0) is 11.3 Å². The average Bonchev–Trinajstić information content (AvgIpc) is 3.21. The van der Waals surface area contributed by atoms with E-state index < -0.39 is 0 Å². The smallest absolute Gasteiger partial charge is 0.0946 e. The minimum Gasteiger partial charge on any atom is -0.379 e. The molecule has 154 valence electrons. The van der Waals surface area contributed by atoms with E-state index in [1.54, 1.807) is 30.4 Å². The molecule has 0 saturated carbocycles. The lowest BCUT2D eigenvalue weighted by molar-refractivity contribution is 0.148. The quantitative estimate of drug-likeness (QED) is 0.276. The molecule has 1 N–H and O–H groups in total. The minimum absolute atomic E-state index is 0.0287. The van der Waals surface area contributed by atoms with Crippen molar-refractivity contribution in [3.8, 4) is 0 Å². The first kappa shape index (κ1) is 22.5. The third kappa shape index (κ3) is 7.52. The van der Waals surface area contributed by atoms with Gasteiger partial charge in [-0.15, -0.1) is 11.8 Å². The molecule has 2 aromatic carbocycles. The molecule has 4 nitrogen and oxygen atoms in total. The molecule has 0 aliphatic heterocycles. The maximum atomic E-state index is 6.42. The van der Waals surface area contributed by atoms with Gasteiger partial charge in [-0.3, -0.25) is 0 Å². The van der Waals surface area contributed by atoms with Crippen LogP contribution in [0.3, 0.4) is 0 Å². The summed E-state index contributed by atoms with van der Waals surface area (Å²) in [7, 11) is 0. The van der Waals surface area contributed by atoms with Gasteiger partial charge >= 0.3 is 0 Å². The molecule has 0 aliphatic rings. The molecule has 0 bridgehead atoms. The van der Waals surface area contributed by atoms with E-state index in [4.69, 9.17) is 39.5 Å². The summed E-state index contributed by atoms with van der Waals surface area (Å²) >= 11 is 20.1. The van der Waals surface area contributed by atoms with Crippen molar-refractivity contribution in [2.45, 2.75) is 17.5 Å². The number of hydrogen-bond donors (Lipinski definition) is 1. The van der Waals surface area contributed by atoms with Crippen molar-refractivity contribution in [1.29, 1.82) is 0 Å². The lowest BCUT2D eigenvalue weighted by Crippen LogP contribution is -2.29. The topological polar surface area (TPSA) is 39.1 Å². The zero-order chi connectivity index (χ0) is 20.5. The SMILES string of the molecule is Clc1ccc(SCCOCCNC(Cn2ccnc2)c2ccc(Cl)cc2Cl)cc1. The van der Waals surface area contributed by atoms with Gasteiger partial charge in [0.2, 0.25) is 0 Å². The second kappa shape index (κ2) is 11.8. The van der Waals surface area contributed by atoms with E-state index in [-0.39, 0.29) is 6.04 Å². The number of ether oxygens (including phenoxy) is 1. The van der Waals surface area contributed by atoms with Crippen LogP contribution in [0, 0.1) is 0 Å². The Kier molecular flexibility index (Phi) is 9.18. The van der Waals surface area contributed by atoms with Gasteiger partial charge < -0.3 is 14.6 Å². The summed E-state index contributed by atoms with van der Waals surface area (Å²) in [5.74, 6) is 0.892. The number of halogens is 3. The first-order valence-electron chi connectivity index (χ1n) is 9.22. The van der Waals surface area contributed by atoms with Gasteiger partial charge in [-0.05, 0) is 42.0 Å². The van der Waals surface area contributed by atoms with Gasteiger partial charge in [0.25, 0.3) is 0 Å². The lowest BCUT2D eigenvalue weighted by atomic mass is 10.1. The van der Waals surface area contributed by atoms with Crippen LogP contribution in [0.2, 0.25) is 15.1 Å². The first-order chi connectivity index (χ1) is 14.1. The maximum absolute atomic E-state index is 6.42. The summed E-state index contributed by atoms with van der Waals surface area (Å²) < 4.78 is 7.79. The van der Waals surface area contributed by atoms with E-state index in [1.165, 1.54) is 4.90 Å². The van der Waals surface area contributed by atoms with Crippen molar-refractivity contribution in [3.63, 3.8) is 0 Å². The summed E-state index contributed by atoms with van der Waals surface area (Å²) in [6.45, 7) is 2.73. The van der Waals surface area contributed by atoms with Gasteiger partial charge in [0.05, 0.1) is 25.6 Å². The molecule has 8 heteroatoms. The summed E-state index contributed by atoms with van der Waals surface area (Å²) in [6, 6.07) is 13.5. The number of rotatable bonds is 11. The van der Waals surface area contributed by atoms with Crippen molar-refractivity contribution < 1.29 is 4.74 Å². The van der Waals surface area contributed by atoms with Gasteiger partial charge in [0.15, 0.2) is 0 Å². The van der Waals surface area contributed by atoms with Crippen molar-refractivity contribution in [2.75, 3.05) is 25.5 Å². The summed E-state index contributed by atoms with van der Waals surface area (Å²) in [4.78, 5) is 5.30. The van der Waals surface area contributed by atoms with E-state index in [9.17, 15) is 0 Å². The molecule has 29 heavy (non-hydrogen) atoms. The minimum atomic E-state index is 0.0287. The third-order valence-electron chi connectivity index (χ3n) is 4.24. The molecule has 3 aromatic rings. The van der Waals surface area contributed by atoms with Crippen LogP contribution in [0.15, 0.2) is 66.1 Å². The largest absolute Gasteiger partial charge is 0.379 e. The van der Waals surface area contributed by atoms with Crippen LogP contribution in [0.25, 0.3) is 0 Å².